The normalized spacial score (nSPS) is 10.1. The Kier molecular flexibility index (Phi) is 5.81. The largest absolute Gasteiger partial charge is 0.480 e. The van der Waals surface area contributed by atoms with E-state index in [0.717, 1.165) is 4.90 Å². The average Bonchev–Trinajstić information content (AvgIpc) is 2.72. The number of nitrogens with one attached hydrogen (secondary N) is 1. The molecule has 3 aromatic carbocycles. The Morgan fingerprint density at radius 3 is 2.04 bits per heavy atom. The molecule has 0 aliphatic rings. The molecule has 0 fully saturated rings. The minimum Gasteiger partial charge on any atom is -0.480 e. The van der Waals surface area contributed by atoms with Gasteiger partial charge in [0.15, 0.2) is 5.78 Å². The zero-order chi connectivity index (χ0) is 19.9. The van der Waals surface area contributed by atoms with Crippen LogP contribution in [0.15, 0.2) is 84.9 Å². The van der Waals surface area contributed by atoms with E-state index in [1.54, 1.807) is 78.9 Å². The first-order valence-corrected chi connectivity index (χ1v) is 8.60. The molecule has 6 nitrogen and oxygen atoms in total. The third-order valence-electron chi connectivity index (χ3n) is 4.02. The van der Waals surface area contributed by atoms with Crippen LogP contribution in [0.3, 0.4) is 0 Å². The topological polar surface area (TPSA) is 86.7 Å². The lowest BCUT2D eigenvalue weighted by Crippen LogP contribution is -2.38. The van der Waals surface area contributed by atoms with Gasteiger partial charge < -0.3 is 10.4 Å². The van der Waals surface area contributed by atoms with E-state index in [1.807, 2.05) is 6.07 Å². The van der Waals surface area contributed by atoms with Crippen molar-refractivity contribution < 1.29 is 19.5 Å². The quantitative estimate of drug-likeness (QED) is 0.638. The summed E-state index contributed by atoms with van der Waals surface area (Å²) in [5.74, 6) is -1.30. The highest BCUT2D eigenvalue weighted by atomic mass is 16.4. The van der Waals surface area contributed by atoms with E-state index >= 15 is 0 Å². The lowest BCUT2D eigenvalue weighted by atomic mass is 10.0. The maximum atomic E-state index is 12.7. The third-order valence-corrected chi connectivity index (χ3v) is 4.02. The van der Waals surface area contributed by atoms with Crippen molar-refractivity contribution in [3.63, 3.8) is 0 Å². The van der Waals surface area contributed by atoms with Gasteiger partial charge in [0.25, 0.3) is 0 Å². The first kappa shape index (κ1) is 18.8. The molecular weight excluding hydrogens is 356 g/mol. The molecule has 0 saturated heterocycles. The van der Waals surface area contributed by atoms with Crippen LogP contribution in [0.25, 0.3) is 0 Å². The Balaban J connectivity index is 1.81. The fourth-order valence-corrected chi connectivity index (χ4v) is 2.71. The number of anilines is 2. The van der Waals surface area contributed by atoms with Crippen molar-refractivity contribution in [1.82, 2.24) is 0 Å². The molecule has 0 aromatic heterocycles. The van der Waals surface area contributed by atoms with Gasteiger partial charge in [-0.25, -0.2) is 4.79 Å². The molecule has 0 radical (unpaired) electrons. The monoisotopic (exact) mass is 374 g/mol. The van der Waals surface area contributed by atoms with Gasteiger partial charge in [-0.3, -0.25) is 14.5 Å². The van der Waals surface area contributed by atoms with Crippen LogP contribution in [0.5, 0.6) is 0 Å². The Bertz CT molecular complexity index is 988. The van der Waals surface area contributed by atoms with Gasteiger partial charge in [-0.15, -0.1) is 0 Å². The zero-order valence-corrected chi connectivity index (χ0v) is 14.9. The van der Waals surface area contributed by atoms with Crippen LogP contribution < -0.4 is 10.2 Å². The number of nitrogens with zero attached hydrogens (tertiary/aromatic N) is 1. The van der Waals surface area contributed by atoms with Crippen LogP contribution in [0, 0.1) is 0 Å². The van der Waals surface area contributed by atoms with Gasteiger partial charge in [0.05, 0.1) is 0 Å². The first-order chi connectivity index (χ1) is 13.5. The van der Waals surface area contributed by atoms with Crippen molar-refractivity contribution in [2.75, 3.05) is 16.8 Å². The number of hydrogen-bond acceptors (Lipinski definition) is 3. The van der Waals surface area contributed by atoms with E-state index in [9.17, 15) is 14.4 Å². The number of para-hydroxylation sites is 1. The summed E-state index contributed by atoms with van der Waals surface area (Å²) in [6.07, 6.45) is 0. The lowest BCUT2D eigenvalue weighted by molar-refractivity contribution is -0.135. The van der Waals surface area contributed by atoms with Gasteiger partial charge in [-0.1, -0.05) is 60.7 Å². The Labute approximate surface area is 162 Å². The molecule has 2 N–H and O–H groups in total. The highest BCUT2D eigenvalue weighted by Crippen LogP contribution is 2.18. The van der Waals surface area contributed by atoms with Crippen LogP contribution in [0.2, 0.25) is 0 Å². The number of carboxylic acids is 1. The highest BCUT2D eigenvalue weighted by molar-refractivity contribution is 6.10. The van der Waals surface area contributed by atoms with E-state index in [1.165, 1.54) is 0 Å². The number of rotatable bonds is 6. The number of amides is 2. The van der Waals surface area contributed by atoms with Gasteiger partial charge in [0, 0.05) is 22.5 Å². The Hall–Kier alpha value is -3.93. The summed E-state index contributed by atoms with van der Waals surface area (Å²) < 4.78 is 0. The molecule has 0 saturated carbocycles. The van der Waals surface area contributed by atoms with E-state index in [-0.39, 0.29) is 5.78 Å². The number of aliphatic carboxylic acids is 1. The summed E-state index contributed by atoms with van der Waals surface area (Å²) in [6, 6.07) is 23.3. The molecule has 0 bridgehead atoms. The SMILES string of the molecule is O=C(O)CN(C(=O)Nc1cccc(C(=O)c2ccccc2)c1)c1ccccc1. The first-order valence-electron chi connectivity index (χ1n) is 8.60. The fourth-order valence-electron chi connectivity index (χ4n) is 2.71. The predicted octanol–water partition coefficient (Wildman–Crippen LogP) is 4.04. The van der Waals surface area contributed by atoms with E-state index in [2.05, 4.69) is 5.32 Å². The molecule has 0 aliphatic heterocycles. The summed E-state index contributed by atoms with van der Waals surface area (Å²) in [7, 11) is 0. The summed E-state index contributed by atoms with van der Waals surface area (Å²) in [6.45, 7) is -0.488. The van der Waals surface area contributed by atoms with Crippen molar-refractivity contribution in [2.45, 2.75) is 0 Å². The summed E-state index contributed by atoms with van der Waals surface area (Å²) in [5.41, 5.74) is 1.83. The molecule has 2 amide bonds. The van der Waals surface area contributed by atoms with Crippen LogP contribution in [0.4, 0.5) is 16.2 Å². The minimum atomic E-state index is -1.13. The van der Waals surface area contributed by atoms with Gasteiger partial charge >= 0.3 is 12.0 Å². The second-order valence-corrected chi connectivity index (χ2v) is 6.02. The molecule has 0 heterocycles. The molecule has 0 atom stereocenters. The molecule has 0 aliphatic carbocycles. The fraction of sp³-hybridized carbons (Fsp3) is 0.0455. The van der Waals surface area contributed by atoms with Crippen LogP contribution in [-0.2, 0) is 4.79 Å². The highest BCUT2D eigenvalue weighted by Gasteiger charge is 2.19. The van der Waals surface area contributed by atoms with Crippen molar-refractivity contribution >= 4 is 29.2 Å². The Morgan fingerprint density at radius 2 is 1.39 bits per heavy atom. The van der Waals surface area contributed by atoms with Gasteiger partial charge in [0.2, 0.25) is 0 Å². The molecular formula is C22H18N2O4. The second kappa shape index (κ2) is 8.64. The second-order valence-electron chi connectivity index (χ2n) is 6.02. The van der Waals surface area contributed by atoms with Crippen molar-refractivity contribution in [3.8, 4) is 0 Å². The standard InChI is InChI=1S/C22H18N2O4/c25-20(26)15-24(19-12-5-2-6-13-19)22(28)23-18-11-7-10-17(14-18)21(27)16-8-3-1-4-9-16/h1-14H,15H2,(H,23,28)(H,25,26). The van der Waals surface area contributed by atoms with E-state index in [4.69, 9.17) is 5.11 Å². The summed E-state index contributed by atoms with van der Waals surface area (Å²) in [4.78, 5) is 37.5. The van der Waals surface area contributed by atoms with E-state index in [0.29, 0.717) is 22.5 Å². The van der Waals surface area contributed by atoms with Crippen molar-refractivity contribution in [1.29, 1.82) is 0 Å². The van der Waals surface area contributed by atoms with Crippen molar-refractivity contribution in [2.24, 2.45) is 0 Å². The maximum absolute atomic E-state index is 12.7. The number of carbonyl (C=O) groups excluding carboxylic acids is 2. The van der Waals surface area contributed by atoms with Crippen LogP contribution in [0.1, 0.15) is 15.9 Å². The molecule has 3 aromatic rings. The maximum Gasteiger partial charge on any atom is 0.326 e. The molecule has 28 heavy (non-hydrogen) atoms. The molecule has 6 heteroatoms. The minimum absolute atomic E-state index is 0.165. The number of benzene rings is 3. The molecule has 0 unspecified atom stereocenters. The average molecular weight is 374 g/mol. The van der Waals surface area contributed by atoms with Gasteiger partial charge in [0.1, 0.15) is 6.54 Å². The summed E-state index contributed by atoms with van der Waals surface area (Å²) >= 11 is 0. The zero-order valence-electron chi connectivity index (χ0n) is 14.9. The summed E-state index contributed by atoms with van der Waals surface area (Å²) in [5, 5.41) is 11.8. The molecule has 0 spiro atoms. The Morgan fingerprint density at radius 1 is 0.786 bits per heavy atom. The number of urea groups is 1. The smallest absolute Gasteiger partial charge is 0.326 e. The van der Waals surface area contributed by atoms with E-state index < -0.39 is 18.5 Å². The molecule has 140 valence electrons. The third kappa shape index (κ3) is 4.62. The lowest BCUT2D eigenvalue weighted by Gasteiger charge is -2.21. The number of hydrogen-bond donors (Lipinski definition) is 2. The van der Waals surface area contributed by atoms with Crippen LogP contribution >= 0.6 is 0 Å². The van der Waals surface area contributed by atoms with Crippen LogP contribution in [-0.4, -0.2) is 29.4 Å². The van der Waals surface area contributed by atoms with Crippen molar-refractivity contribution in [3.05, 3.63) is 96.1 Å². The number of carboxylic acid groups (broad SMARTS) is 1. The van der Waals surface area contributed by atoms with Gasteiger partial charge in [-0.05, 0) is 24.3 Å². The number of ketones is 1. The predicted molar refractivity (Wildman–Crippen MR) is 107 cm³/mol. The number of carbonyl (C=O) groups is 3. The van der Waals surface area contributed by atoms with Gasteiger partial charge in [-0.2, -0.15) is 0 Å². The molecule has 3 rings (SSSR count).